The number of aliphatic hydroxyl groups is 1. The molecule has 11 heteroatoms. The van der Waals surface area contributed by atoms with E-state index < -0.39 is 12.2 Å². The van der Waals surface area contributed by atoms with Gasteiger partial charge in [-0.25, -0.2) is 9.97 Å². The van der Waals surface area contributed by atoms with Gasteiger partial charge in [0.25, 0.3) is 0 Å². The molecule has 1 amide bonds. The average Bonchev–Trinajstić information content (AvgIpc) is 3.36. The van der Waals surface area contributed by atoms with Crippen molar-refractivity contribution in [3.8, 4) is 39.6 Å². The SMILES string of the molecule is CC(=O)Nc1nc(SCc2csc(-c3ccc(Cl)cc3)n2)c(C#N)c(-c2ccc(OC(C)O)cc2)c1C#N. The quantitative estimate of drug-likeness (QED) is 0.191. The number of nitriles is 2. The molecule has 190 valence electrons. The number of hydrogen-bond acceptors (Lipinski definition) is 9. The Labute approximate surface area is 232 Å². The second kappa shape index (κ2) is 12.1. The lowest BCUT2D eigenvalue weighted by atomic mass is 9.96. The number of carbonyl (C=O) groups excluding carboxylic acids is 1. The van der Waals surface area contributed by atoms with Gasteiger partial charge in [-0.2, -0.15) is 10.5 Å². The highest BCUT2D eigenvalue weighted by atomic mass is 35.5. The van der Waals surface area contributed by atoms with Gasteiger partial charge in [0, 0.05) is 34.2 Å². The molecule has 0 bridgehead atoms. The van der Waals surface area contributed by atoms with E-state index in [-0.39, 0.29) is 16.9 Å². The molecule has 2 aromatic carbocycles. The molecule has 4 rings (SSSR count). The summed E-state index contributed by atoms with van der Waals surface area (Å²) in [5, 5.41) is 35.9. The molecule has 0 spiro atoms. The summed E-state index contributed by atoms with van der Waals surface area (Å²) in [6, 6.07) is 18.3. The van der Waals surface area contributed by atoms with Gasteiger partial charge >= 0.3 is 0 Å². The first kappa shape index (κ1) is 27.1. The van der Waals surface area contributed by atoms with E-state index in [9.17, 15) is 20.4 Å². The Morgan fingerprint density at radius 1 is 1.11 bits per heavy atom. The van der Waals surface area contributed by atoms with Crippen LogP contribution >= 0.6 is 34.7 Å². The van der Waals surface area contributed by atoms with E-state index in [0.717, 1.165) is 16.3 Å². The number of rotatable bonds is 8. The molecule has 0 saturated carbocycles. The van der Waals surface area contributed by atoms with E-state index in [0.29, 0.717) is 32.7 Å². The minimum Gasteiger partial charge on any atom is -0.465 e. The molecule has 0 aliphatic rings. The molecule has 1 unspecified atom stereocenters. The van der Waals surface area contributed by atoms with Crippen LogP contribution in [0.25, 0.3) is 21.7 Å². The highest BCUT2D eigenvalue weighted by molar-refractivity contribution is 7.98. The lowest BCUT2D eigenvalue weighted by molar-refractivity contribution is -0.114. The van der Waals surface area contributed by atoms with Gasteiger partial charge in [-0.1, -0.05) is 47.6 Å². The van der Waals surface area contributed by atoms with Gasteiger partial charge in [-0.15, -0.1) is 11.3 Å². The van der Waals surface area contributed by atoms with Crippen molar-refractivity contribution in [1.29, 1.82) is 10.5 Å². The van der Waals surface area contributed by atoms with Gasteiger partial charge < -0.3 is 15.2 Å². The van der Waals surface area contributed by atoms with Crippen LogP contribution in [0.1, 0.15) is 30.7 Å². The number of carbonyl (C=O) groups is 1. The summed E-state index contributed by atoms with van der Waals surface area (Å²) in [4.78, 5) is 21.1. The third-order valence-corrected chi connectivity index (χ3v) is 7.33. The van der Waals surface area contributed by atoms with Crippen LogP contribution in [0.2, 0.25) is 5.02 Å². The number of nitrogens with zero attached hydrogens (tertiary/aromatic N) is 4. The van der Waals surface area contributed by atoms with Crippen molar-refractivity contribution >= 4 is 46.4 Å². The second-order valence-corrected chi connectivity index (χ2v) is 10.2. The van der Waals surface area contributed by atoms with Crippen LogP contribution in [-0.4, -0.2) is 27.3 Å². The first-order chi connectivity index (χ1) is 18.3. The largest absolute Gasteiger partial charge is 0.465 e. The monoisotopic (exact) mass is 561 g/mol. The van der Waals surface area contributed by atoms with Crippen molar-refractivity contribution in [1.82, 2.24) is 9.97 Å². The van der Waals surface area contributed by atoms with E-state index >= 15 is 0 Å². The topological polar surface area (TPSA) is 132 Å². The molecule has 0 fully saturated rings. The maximum Gasteiger partial charge on any atom is 0.222 e. The van der Waals surface area contributed by atoms with Gasteiger partial charge in [0.05, 0.1) is 11.3 Å². The molecule has 0 radical (unpaired) electrons. The van der Waals surface area contributed by atoms with Crippen molar-refractivity contribution in [2.75, 3.05) is 5.32 Å². The van der Waals surface area contributed by atoms with Crippen LogP contribution in [-0.2, 0) is 10.5 Å². The number of thioether (sulfide) groups is 1. The molecule has 2 N–H and O–H groups in total. The molecule has 1 atom stereocenters. The molecule has 0 aliphatic heterocycles. The van der Waals surface area contributed by atoms with Crippen molar-refractivity contribution in [3.05, 3.63) is 75.8 Å². The number of aromatic nitrogens is 2. The molecular formula is C27H20ClN5O3S2. The smallest absolute Gasteiger partial charge is 0.222 e. The summed E-state index contributed by atoms with van der Waals surface area (Å²) in [5.41, 5.74) is 2.93. The van der Waals surface area contributed by atoms with E-state index in [1.54, 1.807) is 36.4 Å². The van der Waals surface area contributed by atoms with Gasteiger partial charge in [0.1, 0.15) is 33.5 Å². The average molecular weight is 562 g/mol. The zero-order valence-corrected chi connectivity index (χ0v) is 22.6. The first-order valence-electron chi connectivity index (χ1n) is 11.2. The van der Waals surface area contributed by atoms with E-state index in [2.05, 4.69) is 27.4 Å². The summed E-state index contributed by atoms with van der Waals surface area (Å²) in [5.74, 6) is 0.512. The number of anilines is 1. The lowest BCUT2D eigenvalue weighted by Crippen LogP contribution is -2.12. The fourth-order valence-electron chi connectivity index (χ4n) is 3.56. The van der Waals surface area contributed by atoms with Crippen LogP contribution < -0.4 is 10.1 Å². The number of aliphatic hydroxyl groups excluding tert-OH is 1. The highest BCUT2D eigenvalue weighted by Crippen LogP contribution is 2.38. The predicted octanol–water partition coefficient (Wildman–Crippen LogP) is 6.24. The molecule has 38 heavy (non-hydrogen) atoms. The number of hydrogen-bond donors (Lipinski definition) is 2. The van der Waals surface area contributed by atoms with Gasteiger partial charge in [0.2, 0.25) is 5.91 Å². The van der Waals surface area contributed by atoms with Crippen molar-refractivity contribution in [2.45, 2.75) is 30.9 Å². The third kappa shape index (κ3) is 6.31. The number of halogens is 1. The minimum atomic E-state index is -0.994. The Balaban J connectivity index is 1.72. The maximum absolute atomic E-state index is 11.9. The van der Waals surface area contributed by atoms with E-state index in [1.807, 2.05) is 17.5 Å². The second-order valence-electron chi connectivity index (χ2n) is 7.98. The van der Waals surface area contributed by atoms with Gasteiger partial charge in [0.15, 0.2) is 12.1 Å². The van der Waals surface area contributed by atoms with Crippen molar-refractivity contribution < 1.29 is 14.6 Å². The molecule has 2 aromatic heterocycles. The zero-order chi connectivity index (χ0) is 27.2. The Kier molecular flexibility index (Phi) is 8.62. The van der Waals surface area contributed by atoms with Crippen LogP contribution in [0.5, 0.6) is 5.75 Å². The Hall–Kier alpha value is -3.93. The fourth-order valence-corrected chi connectivity index (χ4v) is 5.50. The molecular weight excluding hydrogens is 542 g/mol. The lowest BCUT2D eigenvalue weighted by Gasteiger charge is -2.15. The summed E-state index contributed by atoms with van der Waals surface area (Å²) in [6.07, 6.45) is -0.994. The number of pyridine rings is 1. The van der Waals surface area contributed by atoms with Crippen LogP contribution in [0.3, 0.4) is 0 Å². The molecule has 4 aromatic rings. The minimum absolute atomic E-state index is 0.0703. The Morgan fingerprint density at radius 3 is 2.37 bits per heavy atom. The Bertz CT molecular complexity index is 1560. The number of amides is 1. The van der Waals surface area contributed by atoms with Gasteiger partial charge in [-0.05, 0) is 36.8 Å². The van der Waals surface area contributed by atoms with E-state index in [4.69, 9.17) is 16.3 Å². The number of benzene rings is 2. The zero-order valence-electron chi connectivity index (χ0n) is 20.2. The van der Waals surface area contributed by atoms with Gasteiger partial charge in [-0.3, -0.25) is 4.79 Å². The molecule has 0 saturated heterocycles. The van der Waals surface area contributed by atoms with Crippen LogP contribution in [0, 0.1) is 22.7 Å². The molecule has 0 aliphatic carbocycles. The number of thiazole rings is 1. The standard InChI is InChI=1S/C27H20ClN5O3S2/c1-15(34)31-25-22(11-29)24(17-5-9-21(10-6-17)36-16(2)35)23(12-30)27(33-25)38-14-20-13-37-26(32-20)18-3-7-19(28)8-4-18/h3-10,13,16,35H,14H2,1-2H3,(H,31,33,34). The van der Waals surface area contributed by atoms with Crippen molar-refractivity contribution in [2.24, 2.45) is 0 Å². The summed E-state index contributed by atoms with van der Waals surface area (Å²) in [7, 11) is 0. The summed E-state index contributed by atoms with van der Waals surface area (Å²) >= 11 is 8.77. The Morgan fingerprint density at radius 2 is 1.76 bits per heavy atom. The first-order valence-corrected chi connectivity index (χ1v) is 13.5. The summed E-state index contributed by atoms with van der Waals surface area (Å²) in [6.45, 7) is 2.81. The molecule has 8 nitrogen and oxygen atoms in total. The number of nitrogens with one attached hydrogen (secondary N) is 1. The predicted molar refractivity (Wildman–Crippen MR) is 148 cm³/mol. The molecule has 2 heterocycles. The fraction of sp³-hybridized carbons (Fsp3) is 0.148. The van der Waals surface area contributed by atoms with Crippen LogP contribution in [0.4, 0.5) is 5.82 Å². The van der Waals surface area contributed by atoms with Crippen molar-refractivity contribution in [3.63, 3.8) is 0 Å². The van der Waals surface area contributed by atoms with Crippen LogP contribution in [0.15, 0.2) is 58.9 Å². The third-order valence-electron chi connectivity index (χ3n) is 5.13. The normalized spacial score (nSPS) is 11.3. The summed E-state index contributed by atoms with van der Waals surface area (Å²) < 4.78 is 5.29. The van der Waals surface area contributed by atoms with E-state index in [1.165, 1.54) is 36.9 Å². The number of ether oxygens (including phenoxy) is 1. The highest BCUT2D eigenvalue weighted by Gasteiger charge is 2.23. The maximum atomic E-state index is 11.9.